The lowest BCUT2D eigenvalue weighted by atomic mass is 10.1. The van der Waals surface area contributed by atoms with Crippen LogP contribution < -0.4 is 0 Å². The van der Waals surface area contributed by atoms with Gasteiger partial charge in [-0.15, -0.1) is 0 Å². The van der Waals surface area contributed by atoms with E-state index in [1.165, 1.54) is 0 Å². The molecule has 148 valence electrons. The number of benzene rings is 1. The molecule has 1 aromatic carbocycles. The van der Waals surface area contributed by atoms with E-state index in [0.29, 0.717) is 47.5 Å². The van der Waals surface area contributed by atoms with E-state index in [2.05, 4.69) is 10.1 Å². The number of piperazine rings is 1. The summed E-state index contributed by atoms with van der Waals surface area (Å²) in [5.41, 5.74) is 1.46. The molecule has 0 radical (unpaired) electrons. The molecule has 0 N–H and O–H groups in total. The van der Waals surface area contributed by atoms with Gasteiger partial charge in [-0.05, 0) is 30.3 Å². The van der Waals surface area contributed by atoms with Gasteiger partial charge in [0.15, 0.2) is 11.5 Å². The number of carbonyl (C=O) groups is 2. The normalized spacial score (nSPS) is 14.1. The number of pyridine rings is 1. The molecule has 2 aromatic heterocycles. The van der Waals surface area contributed by atoms with Crippen LogP contribution in [0.25, 0.3) is 11.3 Å². The van der Waals surface area contributed by atoms with Crippen molar-refractivity contribution >= 4 is 35.0 Å². The van der Waals surface area contributed by atoms with Crippen LogP contribution in [0.4, 0.5) is 0 Å². The fourth-order valence-corrected chi connectivity index (χ4v) is 3.69. The summed E-state index contributed by atoms with van der Waals surface area (Å²) in [5, 5.41) is 4.71. The third-order valence-corrected chi connectivity index (χ3v) is 5.09. The number of amides is 2. The minimum atomic E-state index is -0.230. The summed E-state index contributed by atoms with van der Waals surface area (Å²) in [6.07, 6.45) is 3.28. The van der Waals surface area contributed by atoms with Crippen molar-refractivity contribution in [2.45, 2.75) is 0 Å². The summed E-state index contributed by atoms with van der Waals surface area (Å²) in [6, 6.07) is 9.92. The molecule has 0 bridgehead atoms. The average molecular weight is 431 g/mol. The molecule has 0 aliphatic carbocycles. The molecule has 1 fully saturated rings. The van der Waals surface area contributed by atoms with Gasteiger partial charge in [0.1, 0.15) is 0 Å². The first-order valence-electron chi connectivity index (χ1n) is 8.93. The maximum absolute atomic E-state index is 12.7. The van der Waals surface area contributed by atoms with E-state index >= 15 is 0 Å². The van der Waals surface area contributed by atoms with Gasteiger partial charge in [0, 0.05) is 65.8 Å². The van der Waals surface area contributed by atoms with Crippen molar-refractivity contribution in [3.05, 3.63) is 70.1 Å². The van der Waals surface area contributed by atoms with E-state index < -0.39 is 0 Å². The summed E-state index contributed by atoms with van der Waals surface area (Å²) in [7, 11) is 0. The van der Waals surface area contributed by atoms with Crippen molar-refractivity contribution in [1.82, 2.24) is 19.9 Å². The van der Waals surface area contributed by atoms with E-state index in [9.17, 15) is 9.59 Å². The number of halogens is 2. The van der Waals surface area contributed by atoms with Crippen molar-refractivity contribution < 1.29 is 14.1 Å². The molecule has 0 spiro atoms. The Balaban J connectivity index is 1.40. The Hall–Kier alpha value is -2.90. The van der Waals surface area contributed by atoms with Gasteiger partial charge in [0.2, 0.25) is 0 Å². The van der Waals surface area contributed by atoms with Crippen LogP contribution in [-0.2, 0) is 0 Å². The van der Waals surface area contributed by atoms with Crippen LogP contribution in [0.5, 0.6) is 0 Å². The minimum Gasteiger partial charge on any atom is -0.355 e. The molecule has 7 nitrogen and oxygen atoms in total. The van der Waals surface area contributed by atoms with Gasteiger partial charge in [-0.2, -0.15) is 0 Å². The highest BCUT2D eigenvalue weighted by Crippen LogP contribution is 2.22. The topological polar surface area (TPSA) is 79.5 Å². The van der Waals surface area contributed by atoms with Gasteiger partial charge < -0.3 is 14.3 Å². The number of carbonyl (C=O) groups excluding carboxylic acids is 2. The molecule has 0 unspecified atom stereocenters. The molecule has 9 heteroatoms. The second kappa shape index (κ2) is 8.23. The Morgan fingerprint density at radius 1 is 0.862 bits per heavy atom. The fourth-order valence-electron chi connectivity index (χ4n) is 3.16. The van der Waals surface area contributed by atoms with Gasteiger partial charge >= 0.3 is 0 Å². The first kappa shape index (κ1) is 19.4. The second-order valence-corrected chi connectivity index (χ2v) is 7.43. The van der Waals surface area contributed by atoms with Crippen molar-refractivity contribution in [3.63, 3.8) is 0 Å². The summed E-state index contributed by atoms with van der Waals surface area (Å²) in [6.45, 7) is 1.61. The maximum atomic E-state index is 12.7. The van der Waals surface area contributed by atoms with Crippen LogP contribution >= 0.6 is 23.2 Å². The summed E-state index contributed by atoms with van der Waals surface area (Å²) in [5.74, 6) is 0.109. The third-order valence-electron chi connectivity index (χ3n) is 4.66. The first-order valence-corrected chi connectivity index (χ1v) is 9.68. The fraction of sp³-hybridized carbons (Fsp3) is 0.200. The van der Waals surface area contributed by atoms with E-state index in [-0.39, 0.29) is 17.5 Å². The van der Waals surface area contributed by atoms with Crippen molar-refractivity contribution in [1.29, 1.82) is 0 Å². The zero-order valence-corrected chi connectivity index (χ0v) is 16.7. The second-order valence-electron chi connectivity index (χ2n) is 6.55. The lowest BCUT2D eigenvalue weighted by Crippen LogP contribution is -2.50. The Kier molecular flexibility index (Phi) is 5.51. The summed E-state index contributed by atoms with van der Waals surface area (Å²) >= 11 is 12.0. The highest BCUT2D eigenvalue weighted by molar-refractivity contribution is 6.35. The summed E-state index contributed by atoms with van der Waals surface area (Å²) in [4.78, 5) is 32.7. The van der Waals surface area contributed by atoms with Gasteiger partial charge in [-0.1, -0.05) is 28.4 Å². The molecule has 3 aromatic rings. The Labute approximate surface area is 176 Å². The van der Waals surface area contributed by atoms with E-state index in [1.807, 2.05) is 0 Å². The van der Waals surface area contributed by atoms with Crippen LogP contribution in [-0.4, -0.2) is 57.9 Å². The molecule has 3 heterocycles. The zero-order valence-electron chi connectivity index (χ0n) is 15.2. The molecule has 1 saturated heterocycles. The molecule has 1 aliphatic heterocycles. The molecule has 0 saturated carbocycles. The lowest BCUT2D eigenvalue weighted by molar-refractivity contribution is 0.0530. The third kappa shape index (κ3) is 4.26. The molecular formula is C20H16Cl2N4O3. The van der Waals surface area contributed by atoms with E-state index in [1.54, 1.807) is 58.6 Å². The van der Waals surface area contributed by atoms with Crippen LogP contribution in [0.1, 0.15) is 20.8 Å². The van der Waals surface area contributed by atoms with E-state index in [4.69, 9.17) is 27.7 Å². The molecule has 0 atom stereocenters. The monoisotopic (exact) mass is 430 g/mol. The molecule has 1 aliphatic rings. The van der Waals surface area contributed by atoms with Crippen LogP contribution in [0, 0.1) is 0 Å². The first-order chi connectivity index (χ1) is 14.0. The quantitative estimate of drug-likeness (QED) is 0.633. The van der Waals surface area contributed by atoms with Gasteiger partial charge in [0.25, 0.3) is 11.8 Å². The Bertz CT molecular complexity index is 1030. The van der Waals surface area contributed by atoms with Gasteiger partial charge in [0.05, 0.1) is 0 Å². The molecule has 2 amide bonds. The van der Waals surface area contributed by atoms with Crippen LogP contribution in [0.3, 0.4) is 0 Å². The number of nitrogens with zero attached hydrogens (tertiary/aromatic N) is 4. The largest absolute Gasteiger partial charge is 0.355 e. The summed E-state index contributed by atoms with van der Waals surface area (Å²) < 4.78 is 5.29. The minimum absolute atomic E-state index is 0.164. The predicted octanol–water partition coefficient (Wildman–Crippen LogP) is 3.64. The Morgan fingerprint density at radius 3 is 2.07 bits per heavy atom. The van der Waals surface area contributed by atoms with Crippen LogP contribution in [0.15, 0.2) is 53.3 Å². The number of rotatable bonds is 3. The zero-order chi connectivity index (χ0) is 20.4. The average Bonchev–Trinajstić information content (AvgIpc) is 3.23. The maximum Gasteiger partial charge on any atom is 0.276 e. The SMILES string of the molecule is O=C(c1cc(Cl)cc(Cl)c1)N1CCN(C(=O)c2cc(-c3ccncc3)on2)CC1. The molecule has 29 heavy (non-hydrogen) atoms. The lowest BCUT2D eigenvalue weighted by Gasteiger charge is -2.34. The molecule has 4 rings (SSSR count). The van der Waals surface area contributed by atoms with Crippen molar-refractivity contribution in [3.8, 4) is 11.3 Å². The standard InChI is InChI=1S/C20H16Cl2N4O3/c21-15-9-14(10-16(22)11-15)19(27)25-5-7-26(8-6-25)20(28)17-12-18(29-24-17)13-1-3-23-4-2-13/h1-4,9-12H,5-8H2. The van der Waals surface area contributed by atoms with Gasteiger partial charge in [-0.25, -0.2) is 0 Å². The van der Waals surface area contributed by atoms with Crippen molar-refractivity contribution in [2.24, 2.45) is 0 Å². The smallest absolute Gasteiger partial charge is 0.276 e. The van der Waals surface area contributed by atoms with Crippen molar-refractivity contribution in [2.75, 3.05) is 26.2 Å². The highest BCUT2D eigenvalue weighted by Gasteiger charge is 2.27. The highest BCUT2D eigenvalue weighted by atomic mass is 35.5. The number of hydrogen-bond acceptors (Lipinski definition) is 5. The Morgan fingerprint density at radius 2 is 1.45 bits per heavy atom. The van der Waals surface area contributed by atoms with Crippen LogP contribution in [0.2, 0.25) is 10.0 Å². The number of aromatic nitrogens is 2. The molecular weight excluding hydrogens is 415 g/mol. The van der Waals surface area contributed by atoms with E-state index in [0.717, 1.165) is 5.56 Å². The van der Waals surface area contributed by atoms with Gasteiger partial charge in [-0.3, -0.25) is 14.6 Å². The number of hydrogen-bond donors (Lipinski definition) is 0. The predicted molar refractivity (Wildman–Crippen MR) is 108 cm³/mol.